The molecule has 0 amide bonds. The molecule has 0 atom stereocenters. The molecule has 2 heterocycles. The Morgan fingerprint density at radius 3 is 2.05 bits per heavy atom. The maximum absolute atomic E-state index is 16.7. The second-order valence-corrected chi connectivity index (χ2v) is 27.9. The van der Waals surface area contributed by atoms with E-state index < -0.39 is 21.3 Å². The molecule has 0 aliphatic carbocycles. The summed E-state index contributed by atoms with van der Waals surface area (Å²) in [5.74, 6) is 4.63. The molecule has 0 saturated heterocycles. The molecule has 0 fully saturated rings. The molecule has 0 N–H and O–H groups in total. The van der Waals surface area contributed by atoms with Gasteiger partial charge in [0.15, 0.2) is 0 Å². The van der Waals surface area contributed by atoms with Gasteiger partial charge in [-0.15, -0.1) is 0 Å². The Bertz CT molecular complexity index is 1790. The quantitative estimate of drug-likeness (QED) is 0.189. The Morgan fingerprint density at radius 2 is 1.38 bits per heavy atom. The summed E-state index contributed by atoms with van der Waals surface area (Å²) < 4.78 is 18.9. The molecule has 1 nitrogen and oxygen atoms in total. The van der Waals surface area contributed by atoms with Crippen LogP contribution in [0.25, 0.3) is 44.3 Å². The Kier molecular flexibility index (Phi) is 6.28. The summed E-state index contributed by atoms with van der Waals surface area (Å²) in [7, 11) is -1.42. The number of rotatable bonds is 3. The third-order valence-corrected chi connectivity index (χ3v) is 18.0. The van der Waals surface area contributed by atoms with Gasteiger partial charge in [-0.1, -0.05) is 0 Å². The summed E-state index contributed by atoms with van der Waals surface area (Å²) in [6.07, 6.45) is 1.91. The Balaban J connectivity index is 1.53. The van der Waals surface area contributed by atoms with Gasteiger partial charge in [0, 0.05) is 0 Å². The number of halogens is 1. The second kappa shape index (κ2) is 9.25. The Morgan fingerprint density at radius 1 is 0.725 bits per heavy atom. The fourth-order valence-corrected chi connectivity index (χ4v) is 15.1. The maximum atomic E-state index is 16.7. The number of pyridine rings is 1. The summed E-state index contributed by atoms with van der Waals surface area (Å²) in [6, 6.07) is 28.1. The predicted molar refractivity (Wildman–Crippen MR) is 176 cm³/mol. The molecular formula is C36H38FGeNSi. The molecular weight excluding hydrogens is 566 g/mol. The van der Waals surface area contributed by atoms with Gasteiger partial charge >= 0.3 is 243 Å². The molecule has 4 heteroatoms. The fraction of sp³-hybridized carbons (Fsp3) is 0.250. The first-order chi connectivity index (χ1) is 18.8. The Labute approximate surface area is 241 Å². The standard InChI is InChI=1S/C36H38FGeNSi/c1-36(2,3)31-22-25(21-24-11-9-10-12-27(24)31)35-34-30(19-20-39-35)29-18-17-28(32(37)33(29)38(34,4)5)23-13-15-26(16-14-23)40(6,7)8/h9-22H,1-8H3. The van der Waals surface area contributed by atoms with Crippen LogP contribution in [0.5, 0.6) is 0 Å². The first-order valence-corrected chi connectivity index (χ1v) is 24.1. The first kappa shape index (κ1) is 27.2. The predicted octanol–water partition coefficient (Wildman–Crippen LogP) is 8.35. The van der Waals surface area contributed by atoms with Crippen LogP contribution in [0.15, 0.2) is 85.1 Å². The number of hydrogen-bond donors (Lipinski definition) is 0. The summed E-state index contributed by atoms with van der Waals surface area (Å²) in [5.41, 5.74) is 7.35. The van der Waals surface area contributed by atoms with Crippen molar-refractivity contribution in [2.24, 2.45) is 0 Å². The molecule has 6 rings (SSSR count). The van der Waals surface area contributed by atoms with E-state index in [0.29, 0.717) is 5.56 Å². The van der Waals surface area contributed by atoms with Crippen LogP contribution < -0.4 is 14.0 Å². The third-order valence-electron chi connectivity index (χ3n) is 8.64. The van der Waals surface area contributed by atoms with Crippen LogP contribution in [0.2, 0.25) is 31.2 Å². The van der Waals surface area contributed by atoms with E-state index in [1.165, 1.54) is 25.9 Å². The van der Waals surface area contributed by atoms with Crippen LogP contribution in [0, 0.1) is 5.82 Å². The van der Waals surface area contributed by atoms with Gasteiger partial charge in [-0.2, -0.15) is 0 Å². The van der Waals surface area contributed by atoms with Gasteiger partial charge in [0.25, 0.3) is 0 Å². The van der Waals surface area contributed by atoms with Gasteiger partial charge in [-0.05, 0) is 0 Å². The van der Waals surface area contributed by atoms with E-state index >= 15 is 4.39 Å². The SMILES string of the molecule is CC(C)(C)c1cc(-c2nccc3[c]2[Ge]([CH3])([CH3])[c]2c-3ccc(-c3ccc([Si](C)(C)C)cc3)c2F)cc2ccccc12. The van der Waals surface area contributed by atoms with Gasteiger partial charge in [-0.3, -0.25) is 0 Å². The van der Waals surface area contributed by atoms with E-state index in [9.17, 15) is 0 Å². The zero-order valence-electron chi connectivity index (χ0n) is 24.9. The van der Waals surface area contributed by atoms with Crippen molar-refractivity contribution in [1.29, 1.82) is 0 Å². The molecule has 1 aromatic heterocycles. The summed E-state index contributed by atoms with van der Waals surface area (Å²) in [4.78, 5) is 5.00. The van der Waals surface area contributed by atoms with Crippen molar-refractivity contribution in [1.82, 2.24) is 4.98 Å². The van der Waals surface area contributed by atoms with E-state index in [-0.39, 0.29) is 11.2 Å². The number of fused-ring (bicyclic) bond motifs is 4. The summed E-state index contributed by atoms with van der Waals surface area (Å²) >= 11 is -3.08. The Hall–Kier alpha value is -3.02. The van der Waals surface area contributed by atoms with Crippen LogP contribution >= 0.6 is 0 Å². The molecule has 40 heavy (non-hydrogen) atoms. The number of benzene rings is 4. The average Bonchev–Trinajstić information content (AvgIpc) is 3.14. The van der Waals surface area contributed by atoms with Gasteiger partial charge < -0.3 is 0 Å². The van der Waals surface area contributed by atoms with Crippen molar-refractivity contribution < 1.29 is 4.39 Å². The van der Waals surface area contributed by atoms with Crippen molar-refractivity contribution in [3.8, 4) is 33.5 Å². The third kappa shape index (κ3) is 4.29. The van der Waals surface area contributed by atoms with E-state index in [4.69, 9.17) is 4.98 Å². The topological polar surface area (TPSA) is 12.9 Å². The minimum atomic E-state index is -3.08. The first-order valence-electron chi connectivity index (χ1n) is 14.3. The summed E-state index contributed by atoms with van der Waals surface area (Å²) in [6.45, 7) is 13.8. The molecule has 1 aliphatic heterocycles. The van der Waals surface area contributed by atoms with E-state index in [1.807, 2.05) is 12.3 Å². The normalized spacial score (nSPS) is 14.3. The van der Waals surface area contributed by atoms with Crippen LogP contribution in [0.4, 0.5) is 4.39 Å². The summed E-state index contributed by atoms with van der Waals surface area (Å²) in [5, 5.41) is 3.90. The molecule has 0 radical (unpaired) electrons. The van der Waals surface area contributed by atoms with Crippen LogP contribution in [0.3, 0.4) is 0 Å². The molecule has 0 saturated carbocycles. The van der Waals surface area contributed by atoms with Crippen LogP contribution in [-0.4, -0.2) is 26.3 Å². The van der Waals surface area contributed by atoms with Crippen molar-refractivity contribution in [3.63, 3.8) is 0 Å². The van der Waals surface area contributed by atoms with Crippen molar-refractivity contribution in [3.05, 3.63) is 96.4 Å². The van der Waals surface area contributed by atoms with Crippen LogP contribution in [-0.2, 0) is 5.41 Å². The van der Waals surface area contributed by atoms with Gasteiger partial charge in [0.1, 0.15) is 0 Å². The average molecular weight is 604 g/mol. The second-order valence-electron chi connectivity index (χ2n) is 13.9. The van der Waals surface area contributed by atoms with E-state index in [2.05, 4.69) is 125 Å². The minimum absolute atomic E-state index is 0.0144. The molecule has 1 aliphatic rings. The van der Waals surface area contributed by atoms with E-state index in [1.54, 1.807) is 0 Å². The monoisotopic (exact) mass is 605 g/mol. The zero-order valence-corrected chi connectivity index (χ0v) is 28.0. The molecule has 4 aromatic carbocycles. The van der Waals surface area contributed by atoms with Crippen molar-refractivity contribution in [2.75, 3.05) is 0 Å². The number of nitrogens with zero attached hydrogens (tertiary/aromatic N) is 1. The van der Waals surface area contributed by atoms with Gasteiger partial charge in [0.2, 0.25) is 0 Å². The molecule has 202 valence electrons. The van der Waals surface area contributed by atoms with Crippen LogP contribution in [0.1, 0.15) is 26.3 Å². The fourth-order valence-electron chi connectivity index (χ4n) is 6.51. The van der Waals surface area contributed by atoms with E-state index in [0.717, 1.165) is 32.3 Å². The number of aromatic nitrogens is 1. The van der Waals surface area contributed by atoms with Crippen molar-refractivity contribution >= 4 is 46.1 Å². The van der Waals surface area contributed by atoms with Crippen molar-refractivity contribution in [2.45, 2.75) is 57.3 Å². The molecule has 0 unspecified atom stereocenters. The number of hydrogen-bond acceptors (Lipinski definition) is 1. The molecule has 0 bridgehead atoms. The molecule has 5 aromatic rings. The molecule has 0 spiro atoms. The van der Waals surface area contributed by atoms with Gasteiger partial charge in [0.05, 0.1) is 0 Å². The zero-order chi connectivity index (χ0) is 28.6. The van der Waals surface area contributed by atoms with Gasteiger partial charge in [-0.25, -0.2) is 0 Å².